The topological polar surface area (TPSA) is 33.0 Å². The van der Waals surface area contributed by atoms with E-state index in [1.807, 2.05) is 12.1 Å². The minimum atomic E-state index is 0.571. The molecular formula is C11H12BrNO. The first kappa shape index (κ1) is 11.2. The quantitative estimate of drug-likeness (QED) is 0.772. The van der Waals surface area contributed by atoms with Crippen LogP contribution in [0.2, 0.25) is 0 Å². The summed E-state index contributed by atoms with van der Waals surface area (Å²) in [5.41, 5.74) is 1.69. The SMILES string of the molecule is CCCOCc1cc(Br)cc(C#N)c1. The highest BCUT2D eigenvalue weighted by Gasteiger charge is 1.98. The minimum absolute atomic E-state index is 0.571. The molecule has 0 unspecified atom stereocenters. The molecular weight excluding hydrogens is 242 g/mol. The van der Waals surface area contributed by atoms with E-state index < -0.39 is 0 Å². The smallest absolute Gasteiger partial charge is 0.0992 e. The molecule has 1 rings (SSSR count). The van der Waals surface area contributed by atoms with Crippen LogP contribution in [0.15, 0.2) is 22.7 Å². The van der Waals surface area contributed by atoms with Crippen LogP contribution in [0.5, 0.6) is 0 Å². The molecule has 2 nitrogen and oxygen atoms in total. The molecule has 74 valence electrons. The second kappa shape index (κ2) is 5.79. The lowest BCUT2D eigenvalue weighted by Gasteiger charge is -2.03. The molecule has 0 aromatic heterocycles. The van der Waals surface area contributed by atoms with Crippen LogP contribution in [0.1, 0.15) is 24.5 Å². The molecule has 0 saturated carbocycles. The standard InChI is InChI=1S/C11H12BrNO/c1-2-3-14-8-10-4-9(7-13)5-11(12)6-10/h4-6H,2-3,8H2,1H3. The summed E-state index contributed by atoms with van der Waals surface area (Å²) >= 11 is 3.36. The molecule has 0 radical (unpaired) electrons. The van der Waals surface area contributed by atoms with Crippen LogP contribution in [0.25, 0.3) is 0 Å². The van der Waals surface area contributed by atoms with Gasteiger partial charge in [-0.1, -0.05) is 22.9 Å². The van der Waals surface area contributed by atoms with Gasteiger partial charge in [0.15, 0.2) is 0 Å². The van der Waals surface area contributed by atoms with Crippen LogP contribution in [0, 0.1) is 11.3 Å². The third-order valence-corrected chi connectivity index (χ3v) is 2.16. The summed E-state index contributed by atoms with van der Waals surface area (Å²) in [7, 11) is 0. The zero-order valence-corrected chi connectivity index (χ0v) is 9.67. The van der Waals surface area contributed by atoms with Gasteiger partial charge >= 0.3 is 0 Å². The first-order valence-corrected chi connectivity index (χ1v) is 5.33. The Hall–Kier alpha value is -0.850. The molecule has 0 spiro atoms. The normalized spacial score (nSPS) is 9.79. The number of hydrogen-bond donors (Lipinski definition) is 0. The lowest BCUT2D eigenvalue weighted by atomic mass is 10.1. The molecule has 0 heterocycles. The molecule has 14 heavy (non-hydrogen) atoms. The van der Waals surface area contributed by atoms with Gasteiger partial charge in [-0.05, 0) is 30.2 Å². The van der Waals surface area contributed by atoms with Crippen molar-refractivity contribution in [3.63, 3.8) is 0 Å². The fraction of sp³-hybridized carbons (Fsp3) is 0.364. The van der Waals surface area contributed by atoms with Gasteiger partial charge in [0.1, 0.15) is 0 Å². The summed E-state index contributed by atoms with van der Waals surface area (Å²) < 4.78 is 6.32. The molecule has 1 aromatic rings. The van der Waals surface area contributed by atoms with E-state index in [9.17, 15) is 0 Å². The molecule has 0 aliphatic rings. The van der Waals surface area contributed by atoms with Gasteiger partial charge in [0.2, 0.25) is 0 Å². The predicted octanol–water partition coefficient (Wildman–Crippen LogP) is 3.25. The van der Waals surface area contributed by atoms with Gasteiger partial charge in [-0.3, -0.25) is 0 Å². The second-order valence-corrected chi connectivity index (χ2v) is 3.93. The highest BCUT2D eigenvalue weighted by Crippen LogP contribution is 2.16. The summed E-state index contributed by atoms with van der Waals surface area (Å²) in [6, 6.07) is 7.72. The Balaban J connectivity index is 2.68. The Morgan fingerprint density at radius 1 is 1.43 bits per heavy atom. The fourth-order valence-corrected chi connectivity index (χ4v) is 1.67. The van der Waals surface area contributed by atoms with E-state index >= 15 is 0 Å². The molecule has 1 aromatic carbocycles. The molecule has 0 saturated heterocycles. The number of rotatable bonds is 4. The Bertz CT molecular complexity index is 344. The Labute approximate surface area is 92.6 Å². The average Bonchev–Trinajstić information content (AvgIpc) is 2.17. The van der Waals surface area contributed by atoms with Gasteiger partial charge in [-0.15, -0.1) is 0 Å². The predicted molar refractivity (Wildman–Crippen MR) is 58.8 cm³/mol. The lowest BCUT2D eigenvalue weighted by Crippen LogP contribution is -1.94. The lowest BCUT2D eigenvalue weighted by molar-refractivity contribution is 0.121. The number of benzene rings is 1. The van der Waals surface area contributed by atoms with Gasteiger partial charge < -0.3 is 4.74 Å². The van der Waals surface area contributed by atoms with Gasteiger partial charge in [-0.25, -0.2) is 0 Å². The average molecular weight is 254 g/mol. The maximum Gasteiger partial charge on any atom is 0.0992 e. The molecule has 0 bridgehead atoms. The Morgan fingerprint density at radius 3 is 2.86 bits per heavy atom. The van der Waals surface area contributed by atoms with Gasteiger partial charge in [0, 0.05) is 11.1 Å². The van der Waals surface area contributed by atoms with Crippen LogP contribution in [-0.4, -0.2) is 6.61 Å². The van der Waals surface area contributed by atoms with Crippen LogP contribution in [0.3, 0.4) is 0 Å². The van der Waals surface area contributed by atoms with Crippen LogP contribution in [0.4, 0.5) is 0 Å². The van der Waals surface area contributed by atoms with Crippen molar-refractivity contribution in [3.8, 4) is 6.07 Å². The third-order valence-electron chi connectivity index (χ3n) is 1.70. The fourth-order valence-electron chi connectivity index (χ4n) is 1.13. The molecule has 0 aliphatic carbocycles. The number of nitriles is 1. The summed E-state index contributed by atoms with van der Waals surface area (Å²) in [4.78, 5) is 0. The Morgan fingerprint density at radius 2 is 2.21 bits per heavy atom. The van der Waals surface area contributed by atoms with E-state index in [4.69, 9.17) is 10.00 Å². The number of halogens is 1. The molecule has 0 N–H and O–H groups in total. The third kappa shape index (κ3) is 3.49. The van der Waals surface area contributed by atoms with Crippen molar-refractivity contribution in [2.75, 3.05) is 6.61 Å². The second-order valence-electron chi connectivity index (χ2n) is 3.01. The first-order chi connectivity index (χ1) is 6.76. The maximum atomic E-state index is 8.75. The zero-order chi connectivity index (χ0) is 10.4. The van der Waals surface area contributed by atoms with Crippen molar-refractivity contribution >= 4 is 15.9 Å². The highest BCUT2D eigenvalue weighted by molar-refractivity contribution is 9.10. The maximum absolute atomic E-state index is 8.75. The van der Waals surface area contributed by atoms with Crippen molar-refractivity contribution in [2.45, 2.75) is 20.0 Å². The van der Waals surface area contributed by atoms with Crippen molar-refractivity contribution in [1.29, 1.82) is 5.26 Å². The van der Waals surface area contributed by atoms with Gasteiger partial charge in [0.05, 0.1) is 18.2 Å². The van der Waals surface area contributed by atoms with E-state index in [-0.39, 0.29) is 0 Å². The zero-order valence-electron chi connectivity index (χ0n) is 8.09. The molecule has 3 heteroatoms. The van der Waals surface area contributed by atoms with Gasteiger partial charge in [-0.2, -0.15) is 5.26 Å². The summed E-state index contributed by atoms with van der Waals surface area (Å²) in [6.07, 6.45) is 1.01. The van der Waals surface area contributed by atoms with E-state index in [0.29, 0.717) is 12.2 Å². The minimum Gasteiger partial charge on any atom is -0.377 e. The van der Waals surface area contributed by atoms with E-state index in [1.165, 1.54) is 0 Å². The largest absolute Gasteiger partial charge is 0.377 e. The first-order valence-electron chi connectivity index (χ1n) is 4.53. The van der Waals surface area contributed by atoms with E-state index in [1.54, 1.807) is 6.07 Å². The highest BCUT2D eigenvalue weighted by atomic mass is 79.9. The van der Waals surface area contributed by atoms with Gasteiger partial charge in [0.25, 0.3) is 0 Å². The van der Waals surface area contributed by atoms with Crippen LogP contribution >= 0.6 is 15.9 Å². The molecule has 0 atom stereocenters. The van der Waals surface area contributed by atoms with E-state index in [0.717, 1.165) is 23.1 Å². The van der Waals surface area contributed by atoms with E-state index in [2.05, 4.69) is 28.9 Å². The number of hydrogen-bond acceptors (Lipinski definition) is 2. The molecule has 0 fully saturated rings. The number of nitrogens with zero attached hydrogens (tertiary/aromatic N) is 1. The summed E-state index contributed by atoms with van der Waals surface area (Å²) in [5, 5.41) is 8.75. The van der Waals surface area contributed by atoms with Crippen LogP contribution < -0.4 is 0 Å². The summed E-state index contributed by atoms with van der Waals surface area (Å²) in [5.74, 6) is 0. The molecule has 0 amide bonds. The number of ether oxygens (including phenoxy) is 1. The summed E-state index contributed by atoms with van der Waals surface area (Å²) in [6.45, 7) is 3.40. The van der Waals surface area contributed by atoms with Crippen LogP contribution in [-0.2, 0) is 11.3 Å². The van der Waals surface area contributed by atoms with Crippen molar-refractivity contribution in [3.05, 3.63) is 33.8 Å². The van der Waals surface area contributed by atoms with Crippen molar-refractivity contribution in [1.82, 2.24) is 0 Å². The van der Waals surface area contributed by atoms with Crippen molar-refractivity contribution < 1.29 is 4.74 Å². The monoisotopic (exact) mass is 253 g/mol. The Kier molecular flexibility index (Phi) is 4.64. The molecule has 0 aliphatic heterocycles. The van der Waals surface area contributed by atoms with Crippen molar-refractivity contribution in [2.24, 2.45) is 0 Å².